The molecule has 1 nitrogen and oxygen atoms in total. The smallest absolute Gasteiger partial charge is 0.316 e. The van der Waals surface area contributed by atoms with Crippen molar-refractivity contribution in [3.05, 3.63) is 30.3 Å². The lowest BCUT2D eigenvalue weighted by atomic mass is 10.3. The zero-order chi connectivity index (χ0) is 5.82. The molecule has 1 aromatic rings. The Bertz CT molecular complexity index is 154. The molecule has 0 unspecified atom stereocenters. The Morgan fingerprint density at radius 1 is 1.11 bits per heavy atom. The van der Waals surface area contributed by atoms with Gasteiger partial charge in [0.15, 0.2) is 16.3 Å². The maximum atomic E-state index is 4.73. The number of benzene rings is 1. The molecule has 1 aromatic carbocycles. The summed E-state index contributed by atoms with van der Waals surface area (Å²) in [7, 11) is 0. The van der Waals surface area contributed by atoms with E-state index in [-0.39, 0.29) is 23.1 Å². The summed E-state index contributed by atoms with van der Waals surface area (Å²) >= 11 is 2.86. The minimum Gasteiger partial charge on any atom is -0.418 e. The highest BCUT2D eigenvalue weighted by Crippen LogP contribution is 2.09. The Morgan fingerprint density at radius 2 is 1.67 bits per heavy atom. The van der Waals surface area contributed by atoms with E-state index >= 15 is 0 Å². The highest BCUT2D eigenvalue weighted by molar-refractivity contribution is 9.06. The fraction of sp³-hybridized carbons (Fsp3) is 0. The maximum Gasteiger partial charge on any atom is 0.316 e. The minimum absolute atomic E-state index is 0. The molecule has 0 bridgehead atoms. The van der Waals surface area contributed by atoms with Crippen LogP contribution in [0.2, 0.25) is 0 Å². The maximum absolute atomic E-state index is 4.73. The molecule has 0 aliphatic rings. The second-order valence-electron chi connectivity index (χ2n) is 1.39. The Balaban J connectivity index is 0.000000640. The van der Waals surface area contributed by atoms with Crippen LogP contribution in [0.5, 0.6) is 5.75 Å². The van der Waals surface area contributed by atoms with Gasteiger partial charge < -0.3 is 3.83 Å². The van der Waals surface area contributed by atoms with E-state index in [4.69, 9.17) is 3.83 Å². The second kappa shape index (κ2) is 5.08. The van der Waals surface area contributed by atoms with E-state index in [1.54, 1.807) is 0 Å². The summed E-state index contributed by atoms with van der Waals surface area (Å²) in [4.78, 5) is 0. The summed E-state index contributed by atoms with van der Waals surface area (Å²) in [5, 5.41) is 0. The van der Waals surface area contributed by atoms with Crippen molar-refractivity contribution in [1.29, 1.82) is 0 Å². The molecule has 3 heteroatoms. The van der Waals surface area contributed by atoms with E-state index in [0.29, 0.717) is 0 Å². The zero-order valence-electron chi connectivity index (χ0n) is 4.17. The first-order valence-electron chi connectivity index (χ1n) is 2.27. The molecular formula is C6H7BrMgO. The standard InChI is InChI=1S/C6H5BrO.Mg.2H/c7-8-6-4-2-1-3-5-6;;;/h1-5H;;;. The third kappa shape index (κ3) is 3.08. The lowest BCUT2D eigenvalue weighted by Gasteiger charge is -1.90. The van der Waals surface area contributed by atoms with E-state index in [2.05, 4.69) is 16.3 Å². The zero-order valence-corrected chi connectivity index (χ0v) is 5.76. The largest absolute Gasteiger partial charge is 0.418 e. The van der Waals surface area contributed by atoms with Gasteiger partial charge in [0, 0.05) is 0 Å². The lowest BCUT2D eigenvalue weighted by molar-refractivity contribution is 0.678. The molecule has 0 fully saturated rings. The third-order valence-electron chi connectivity index (χ3n) is 0.832. The van der Waals surface area contributed by atoms with Crippen LogP contribution in [0, 0.1) is 0 Å². The molecule has 0 N–H and O–H groups in total. The Hall–Kier alpha value is 0.266. The van der Waals surface area contributed by atoms with Crippen LogP contribution in [0.15, 0.2) is 30.3 Å². The molecule has 0 saturated heterocycles. The quantitative estimate of drug-likeness (QED) is 0.622. The first kappa shape index (κ1) is 9.27. The summed E-state index contributed by atoms with van der Waals surface area (Å²) in [6, 6.07) is 9.51. The van der Waals surface area contributed by atoms with Crippen molar-refractivity contribution in [3.63, 3.8) is 0 Å². The van der Waals surface area contributed by atoms with E-state index in [1.165, 1.54) is 0 Å². The second-order valence-corrected chi connectivity index (χ2v) is 1.71. The van der Waals surface area contributed by atoms with Crippen LogP contribution in [0.1, 0.15) is 0 Å². The van der Waals surface area contributed by atoms with Crippen molar-refractivity contribution in [1.82, 2.24) is 0 Å². The van der Waals surface area contributed by atoms with Crippen LogP contribution in [-0.4, -0.2) is 23.1 Å². The van der Waals surface area contributed by atoms with E-state index < -0.39 is 0 Å². The van der Waals surface area contributed by atoms with E-state index in [0.717, 1.165) is 5.75 Å². The molecule has 0 aliphatic carbocycles. The van der Waals surface area contributed by atoms with Gasteiger partial charge in [-0.1, -0.05) is 18.2 Å². The minimum atomic E-state index is 0. The van der Waals surface area contributed by atoms with Crippen LogP contribution >= 0.6 is 16.3 Å². The molecule has 0 saturated carbocycles. The normalized spacial score (nSPS) is 7.67. The first-order chi connectivity index (χ1) is 3.93. The van der Waals surface area contributed by atoms with Crippen LogP contribution < -0.4 is 3.83 Å². The van der Waals surface area contributed by atoms with Crippen molar-refractivity contribution >= 4 is 39.3 Å². The lowest BCUT2D eigenvalue weighted by Crippen LogP contribution is -1.68. The molecule has 0 amide bonds. The Morgan fingerprint density at radius 3 is 2.00 bits per heavy atom. The monoisotopic (exact) mass is 198 g/mol. The van der Waals surface area contributed by atoms with Gasteiger partial charge in [0.1, 0.15) is 5.75 Å². The average molecular weight is 199 g/mol. The summed E-state index contributed by atoms with van der Waals surface area (Å²) in [6.45, 7) is 0. The van der Waals surface area contributed by atoms with Crippen LogP contribution in [0.4, 0.5) is 0 Å². The summed E-state index contributed by atoms with van der Waals surface area (Å²) < 4.78 is 4.73. The topological polar surface area (TPSA) is 9.23 Å². The highest BCUT2D eigenvalue weighted by Gasteiger charge is 1.82. The number of halogens is 1. The third-order valence-corrected chi connectivity index (χ3v) is 1.21. The van der Waals surface area contributed by atoms with Crippen LogP contribution in [0.3, 0.4) is 0 Å². The van der Waals surface area contributed by atoms with Gasteiger partial charge in [-0.15, -0.1) is 0 Å². The molecule has 0 radical (unpaired) electrons. The number of hydrogen-bond donors (Lipinski definition) is 0. The molecule has 46 valence electrons. The van der Waals surface area contributed by atoms with Gasteiger partial charge in [0.25, 0.3) is 0 Å². The molecule has 1 rings (SSSR count). The molecule has 0 spiro atoms. The molecular weight excluding hydrogens is 192 g/mol. The molecule has 0 atom stereocenters. The van der Waals surface area contributed by atoms with E-state index in [9.17, 15) is 0 Å². The number of para-hydroxylation sites is 1. The summed E-state index contributed by atoms with van der Waals surface area (Å²) in [5.41, 5.74) is 0. The van der Waals surface area contributed by atoms with Gasteiger partial charge in [0.2, 0.25) is 0 Å². The fourth-order valence-electron chi connectivity index (χ4n) is 0.472. The number of hydrogen-bond acceptors (Lipinski definition) is 1. The van der Waals surface area contributed by atoms with E-state index in [1.807, 2.05) is 30.3 Å². The van der Waals surface area contributed by atoms with Gasteiger partial charge in [0.05, 0.1) is 0 Å². The molecule has 0 aromatic heterocycles. The van der Waals surface area contributed by atoms with Gasteiger partial charge in [-0.2, -0.15) is 0 Å². The first-order valence-corrected chi connectivity index (χ1v) is 2.92. The van der Waals surface area contributed by atoms with Gasteiger partial charge >= 0.3 is 23.1 Å². The number of rotatable bonds is 1. The van der Waals surface area contributed by atoms with Crippen LogP contribution in [-0.2, 0) is 0 Å². The average Bonchev–Trinajstić information content (AvgIpc) is 1.90. The van der Waals surface area contributed by atoms with Crippen LogP contribution in [0.25, 0.3) is 0 Å². The summed E-state index contributed by atoms with van der Waals surface area (Å²) in [5.74, 6) is 0.826. The Labute approximate surface area is 79.0 Å². The predicted octanol–water partition coefficient (Wildman–Crippen LogP) is 1.46. The van der Waals surface area contributed by atoms with Crippen molar-refractivity contribution in [3.8, 4) is 5.75 Å². The summed E-state index contributed by atoms with van der Waals surface area (Å²) in [6.07, 6.45) is 0. The molecule has 0 heterocycles. The van der Waals surface area contributed by atoms with Gasteiger partial charge in [-0.25, -0.2) is 0 Å². The SMILES string of the molecule is BrOc1ccccc1.[MgH2]. The van der Waals surface area contributed by atoms with Crippen molar-refractivity contribution in [2.75, 3.05) is 0 Å². The highest BCUT2D eigenvalue weighted by atomic mass is 79.9. The van der Waals surface area contributed by atoms with Crippen molar-refractivity contribution in [2.24, 2.45) is 0 Å². The fourth-order valence-corrected chi connectivity index (χ4v) is 0.688. The molecule has 9 heavy (non-hydrogen) atoms. The predicted molar refractivity (Wildman–Crippen MR) is 44.5 cm³/mol. The molecule has 0 aliphatic heterocycles. The van der Waals surface area contributed by atoms with Crippen molar-refractivity contribution in [2.45, 2.75) is 0 Å². The van der Waals surface area contributed by atoms with Gasteiger partial charge in [-0.05, 0) is 12.1 Å². The Kier molecular flexibility index (Phi) is 5.23. The van der Waals surface area contributed by atoms with Crippen molar-refractivity contribution < 1.29 is 3.83 Å². The van der Waals surface area contributed by atoms with Gasteiger partial charge in [-0.3, -0.25) is 0 Å².